The summed E-state index contributed by atoms with van der Waals surface area (Å²) in [5, 5.41) is 0. The summed E-state index contributed by atoms with van der Waals surface area (Å²) in [7, 11) is 0. The van der Waals surface area contributed by atoms with Gasteiger partial charge in [-0.3, -0.25) is 4.79 Å². The lowest BCUT2D eigenvalue weighted by Crippen LogP contribution is -2.52. The molecule has 2 unspecified atom stereocenters. The van der Waals surface area contributed by atoms with E-state index in [4.69, 9.17) is 5.73 Å². The molecule has 0 aromatic carbocycles. The molecular weight excluding hydrogens is 186 g/mol. The van der Waals surface area contributed by atoms with Crippen molar-refractivity contribution in [2.24, 2.45) is 28.4 Å². The van der Waals surface area contributed by atoms with Gasteiger partial charge in [0, 0.05) is 5.92 Å². The molecule has 1 aliphatic rings. The van der Waals surface area contributed by atoms with Crippen molar-refractivity contribution >= 4 is 5.91 Å². The van der Waals surface area contributed by atoms with Crippen LogP contribution in [0.5, 0.6) is 0 Å². The zero-order valence-electron chi connectivity index (χ0n) is 10.8. The van der Waals surface area contributed by atoms with E-state index in [-0.39, 0.29) is 22.7 Å². The van der Waals surface area contributed by atoms with Gasteiger partial charge in [0.1, 0.15) is 0 Å². The lowest BCUT2D eigenvalue weighted by Gasteiger charge is -2.54. The molecule has 0 heterocycles. The van der Waals surface area contributed by atoms with Gasteiger partial charge in [-0.25, -0.2) is 0 Å². The highest BCUT2D eigenvalue weighted by atomic mass is 16.1. The van der Waals surface area contributed by atoms with E-state index in [1.807, 2.05) is 0 Å². The lowest BCUT2D eigenvalue weighted by molar-refractivity contribution is -0.138. The Morgan fingerprint density at radius 3 is 2.20 bits per heavy atom. The van der Waals surface area contributed by atoms with Crippen LogP contribution in [0.1, 0.15) is 53.9 Å². The van der Waals surface area contributed by atoms with Gasteiger partial charge < -0.3 is 5.73 Å². The van der Waals surface area contributed by atoms with Gasteiger partial charge in [-0.15, -0.1) is 0 Å². The van der Waals surface area contributed by atoms with E-state index in [1.165, 1.54) is 6.42 Å². The molecule has 2 N–H and O–H groups in total. The first kappa shape index (κ1) is 12.5. The second kappa shape index (κ2) is 3.80. The SMILES string of the molecule is CC(C)C1(C)C(C(N)=O)CCCC1(C)C. The summed E-state index contributed by atoms with van der Waals surface area (Å²) in [6, 6.07) is 0. The van der Waals surface area contributed by atoms with Gasteiger partial charge in [-0.05, 0) is 29.6 Å². The second-order valence-corrected chi connectivity index (χ2v) is 6.17. The Morgan fingerprint density at radius 1 is 1.33 bits per heavy atom. The first-order chi connectivity index (χ1) is 6.73. The van der Waals surface area contributed by atoms with Crippen LogP contribution in [0.15, 0.2) is 0 Å². The summed E-state index contributed by atoms with van der Waals surface area (Å²) in [4.78, 5) is 11.6. The van der Waals surface area contributed by atoms with Gasteiger partial charge in [0.25, 0.3) is 0 Å². The largest absolute Gasteiger partial charge is 0.369 e. The lowest BCUT2D eigenvalue weighted by atomic mass is 9.49. The Balaban J connectivity index is 3.13. The Morgan fingerprint density at radius 2 is 1.87 bits per heavy atom. The Hall–Kier alpha value is -0.530. The smallest absolute Gasteiger partial charge is 0.221 e. The van der Waals surface area contributed by atoms with Crippen LogP contribution >= 0.6 is 0 Å². The van der Waals surface area contributed by atoms with Gasteiger partial charge in [-0.1, -0.05) is 41.0 Å². The number of amides is 1. The van der Waals surface area contributed by atoms with E-state index >= 15 is 0 Å². The van der Waals surface area contributed by atoms with Crippen LogP contribution in [0.25, 0.3) is 0 Å². The fraction of sp³-hybridized carbons (Fsp3) is 0.923. The number of primary amides is 1. The molecule has 0 radical (unpaired) electrons. The van der Waals surface area contributed by atoms with Gasteiger partial charge in [0.15, 0.2) is 0 Å². The van der Waals surface area contributed by atoms with Crippen LogP contribution in [0, 0.1) is 22.7 Å². The minimum Gasteiger partial charge on any atom is -0.369 e. The van der Waals surface area contributed by atoms with Crippen molar-refractivity contribution in [2.75, 3.05) is 0 Å². The van der Waals surface area contributed by atoms with Crippen LogP contribution in [0.3, 0.4) is 0 Å². The molecule has 2 nitrogen and oxygen atoms in total. The number of hydrogen-bond acceptors (Lipinski definition) is 1. The number of carbonyl (C=O) groups excluding carboxylic acids is 1. The average Bonchev–Trinajstić information content (AvgIpc) is 2.08. The molecule has 1 fully saturated rings. The zero-order valence-corrected chi connectivity index (χ0v) is 10.8. The first-order valence-electron chi connectivity index (χ1n) is 6.03. The first-order valence-corrected chi connectivity index (χ1v) is 6.03. The van der Waals surface area contributed by atoms with Crippen molar-refractivity contribution in [2.45, 2.75) is 53.9 Å². The Bertz CT molecular complexity index is 257. The fourth-order valence-corrected chi connectivity index (χ4v) is 3.41. The summed E-state index contributed by atoms with van der Waals surface area (Å²) in [5.41, 5.74) is 5.81. The summed E-state index contributed by atoms with van der Waals surface area (Å²) < 4.78 is 0. The Labute approximate surface area is 93.6 Å². The molecule has 0 aliphatic heterocycles. The van der Waals surface area contributed by atoms with Crippen LogP contribution in [0.4, 0.5) is 0 Å². The molecule has 0 aromatic heterocycles. The zero-order chi connectivity index (χ0) is 11.9. The minimum absolute atomic E-state index is 0.0388. The predicted octanol–water partition coefficient (Wildman–Crippen LogP) is 2.96. The Kier molecular flexibility index (Phi) is 3.18. The maximum Gasteiger partial charge on any atom is 0.221 e. The van der Waals surface area contributed by atoms with Crippen LogP contribution < -0.4 is 5.73 Å². The molecule has 0 saturated heterocycles. The quantitative estimate of drug-likeness (QED) is 0.749. The topological polar surface area (TPSA) is 43.1 Å². The summed E-state index contributed by atoms with van der Waals surface area (Å²) in [5.74, 6) is 0.422. The highest BCUT2D eigenvalue weighted by molar-refractivity contribution is 5.77. The normalized spacial score (nSPS) is 35.5. The molecule has 1 amide bonds. The summed E-state index contributed by atoms with van der Waals surface area (Å²) in [6.07, 6.45) is 3.29. The number of nitrogens with two attached hydrogens (primary N) is 1. The minimum atomic E-state index is -0.112. The van der Waals surface area contributed by atoms with Crippen LogP contribution in [0.2, 0.25) is 0 Å². The predicted molar refractivity (Wildman–Crippen MR) is 63.3 cm³/mol. The molecule has 0 bridgehead atoms. The van der Waals surface area contributed by atoms with Crippen molar-refractivity contribution in [3.05, 3.63) is 0 Å². The van der Waals surface area contributed by atoms with Crippen LogP contribution in [-0.4, -0.2) is 5.91 Å². The van der Waals surface area contributed by atoms with Crippen LogP contribution in [-0.2, 0) is 4.79 Å². The maximum atomic E-state index is 11.6. The molecule has 2 heteroatoms. The number of carbonyl (C=O) groups is 1. The molecule has 0 spiro atoms. The van der Waals surface area contributed by atoms with E-state index in [0.717, 1.165) is 12.8 Å². The second-order valence-electron chi connectivity index (χ2n) is 6.17. The molecule has 88 valence electrons. The third-order valence-corrected chi connectivity index (χ3v) is 5.02. The summed E-state index contributed by atoms with van der Waals surface area (Å²) in [6.45, 7) is 11.2. The van der Waals surface area contributed by atoms with E-state index in [0.29, 0.717) is 5.92 Å². The van der Waals surface area contributed by atoms with E-state index in [1.54, 1.807) is 0 Å². The molecular formula is C13H25NO. The van der Waals surface area contributed by atoms with Gasteiger partial charge >= 0.3 is 0 Å². The van der Waals surface area contributed by atoms with E-state index in [2.05, 4.69) is 34.6 Å². The van der Waals surface area contributed by atoms with Gasteiger partial charge in [0.05, 0.1) is 0 Å². The standard InChI is InChI=1S/C13H25NO/c1-9(2)13(5)10(11(14)15)7-6-8-12(13,3)4/h9-10H,6-8H2,1-5H3,(H2,14,15). The van der Waals surface area contributed by atoms with E-state index in [9.17, 15) is 4.79 Å². The third-order valence-electron chi connectivity index (χ3n) is 5.02. The van der Waals surface area contributed by atoms with Crippen molar-refractivity contribution in [1.29, 1.82) is 0 Å². The van der Waals surface area contributed by atoms with Crippen molar-refractivity contribution < 1.29 is 4.79 Å². The third kappa shape index (κ3) is 1.79. The average molecular weight is 211 g/mol. The highest BCUT2D eigenvalue weighted by Crippen LogP contribution is 2.57. The molecule has 2 atom stereocenters. The van der Waals surface area contributed by atoms with Gasteiger partial charge in [-0.2, -0.15) is 0 Å². The van der Waals surface area contributed by atoms with E-state index < -0.39 is 0 Å². The molecule has 15 heavy (non-hydrogen) atoms. The molecule has 1 rings (SSSR count). The van der Waals surface area contributed by atoms with Crippen molar-refractivity contribution in [3.8, 4) is 0 Å². The van der Waals surface area contributed by atoms with Crippen molar-refractivity contribution in [3.63, 3.8) is 0 Å². The fourth-order valence-electron chi connectivity index (χ4n) is 3.41. The number of rotatable bonds is 2. The van der Waals surface area contributed by atoms with Crippen molar-refractivity contribution in [1.82, 2.24) is 0 Å². The highest BCUT2D eigenvalue weighted by Gasteiger charge is 2.52. The molecule has 0 aromatic rings. The number of hydrogen-bond donors (Lipinski definition) is 1. The monoisotopic (exact) mass is 211 g/mol. The maximum absolute atomic E-state index is 11.6. The summed E-state index contributed by atoms with van der Waals surface area (Å²) >= 11 is 0. The van der Waals surface area contributed by atoms with Gasteiger partial charge in [0.2, 0.25) is 5.91 Å². The molecule has 1 saturated carbocycles. The molecule has 1 aliphatic carbocycles.